The maximum absolute atomic E-state index is 14.1. The number of hydrogen-bond acceptors (Lipinski definition) is 13. The number of nitrogens with two attached hydrogens (primary N) is 1. The van der Waals surface area contributed by atoms with E-state index in [9.17, 15) is 72.5 Å². The largest absolute Gasteiger partial charge is 0.481 e. The average Bonchev–Trinajstić information content (AvgIpc) is 3.25. The lowest BCUT2D eigenvalue weighted by Crippen LogP contribution is -2.61. The number of carbonyl (C=O) groups is 10. The summed E-state index contributed by atoms with van der Waals surface area (Å²) >= 11 is 0. The van der Waals surface area contributed by atoms with Crippen LogP contribution in [-0.4, -0.2) is 139 Å². The van der Waals surface area contributed by atoms with Crippen LogP contribution in [0.1, 0.15) is 99.0 Å². The topological polar surface area (TPSA) is 408 Å². The number of carbonyl (C=O) groups excluding carboxylic acids is 7. The van der Waals surface area contributed by atoms with Gasteiger partial charge in [-0.2, -0.15) is 0 Å². The zero-order valence-corrected chi connectivity index (χ0v) is 40.7. The molecule has 1 aromatic rings. The van der Waals surface area contributed by atoms with Crippen molar-refractivity contribution >= 4 is 67.1 Å². The van der Waals surface area contributed by atoms with Crippen LogP contribution in [0.3, 0.4) is 0 Å². The number of nitrogens with one attached hydrogen (secondary N) is 7. The van der Waals surface area contributed by atoms with E-state index in [1.54, 1.807) is 71.9 Å². The van der Waals surface area contributed by atoms with Crippen LogP contribution in [0.5, 0.6) is 0 Å². The highest BCUT2D eigenvalue weighted by Crippen LogP contribution is 2.35. The summed E-state index contributed by atoms with van der Waals surface area (Å²) in [6.45, 7) is 10.2. The van der Waals surface area contributed by atoms with Crippen LogP contribution in [0.2, 0.25) is 0 Å². The minimum absolute atomic E-state index is 0.0441. The highest BCUT2D eigenvalue weighted by molar-refractivity contribution is 7.46. The number of amides is 7. The number of rotatable bonds is 32. The third-order valence-corrected chi connectivity index (χ3v) is 10.9. The number of aliphatic carboxylic acids is 3. The first kappa shape index (κ1) is 61.0. The van der Waals surface area contributed by atoms with Crippen LogP contribution in [0.15, 0.2) is 30.3 Å². The smallest absolute Gasteiger partial charge is 0.469 e. The molecule has 26 heteroatoms. The van der Waals surface area contributed by atoms with E-state index in [4.69, 9.17) is 10.8 Å². The fourth-order valence-corrected chi connectivity index (χ4v) is 6.82. The second kappa shape index (κ2) is 29.8. The molecule has 0 aliphatic carbocycles. The Morgan fingerprint density at radius 1 is 0.580 bits per heavy atom. The van der Waals surface area contributed by atoms with E-state index in [1.807, 2.05) is 0 Å². The van der Waals surface area contributed by atoms with E-state index in [1.165, 1.54) is 6.92 Å². The molecule has 7 amide bonds. The Morgan fingerprint density at radius 3 is 1.57 bits per heavy atom. The van der Waals surface area contributed by atoms with Gasteiger partial charge in [-0.05, 0) is 55.9 Å². The van der Waals surface area contributed by atoms with Gasteiger partial charge in [0, 0.05) is 19.3 Å². The Balaban J connectivity index is 3.49. The van der Waals surface area contributed by atoms with E-state index >= 15 is 0 Å². The van der Waals surface area contributed by atoms with Crippen molar-refractivity contribution in [2.75, 3.05) is 6.61 Å². The summed E-state index contributed by atoms with van der Waals surface area (Å²) < 4.78 is 16.1. The standard InChI is InChI=1S/C43H69N8O17P/c1-8-24(6)35(42(62)48-29(18-22(2)3)39(59)50-32(21-68-69(65,66)67)41(61)49-31(43(63)64)19-23(4)5)51-38(58)28(15-17-34(54)55)46-40(60)30(20-26-12-10-9-11-13-26)47-36(56)25(7)45-37(57)27(44)14-16-33(52)53/h9-13,22-25,27-32,35H,8,14-21,44H2,1-7H3,(H,45,57)(H,46,60)(H,47,56)(H,48,62)(H,49,61)(H,50,59)(H,51,58)(H,52,53)(H,54,55)(H,63,64)(H2,65,66,67)/t24-,25-,27-,28-,29-,30-,31-,32-,35-/m0/s1. The number of carboxylic acids is 3. The number of phosphoric ester groups is 1. The van der Waals surface area contributed by atoms with Crippen molar-refractivity contribution in [1.82, 2.24) is 37.2 Å². The monoisotopic (exact) mass is 1000 g/mol. The van der Waals surface area contributed by atoms with Crippen LogP contribution in [0.25, 0.3) is 0 Å². The first-order valence-corrected chi connectivity index (χ1v) is 23.9. The summed E-state index contributed by atoms with van der Waals surface area (Å²) in [6, 6.07) is -3.60. The minimum atomic E-state index is -5.23. The molecule has 1 aromatic carbocycles. The molecule has 0 heterocycles. The molecule has 0 fully saturated rings. The van der Waals surface area contributed by atoms with Crippen molar-refractivity contribution in [2.45, 2.75) is 148 Å². The van der Waals surface area contributed by atoms with Crippen molar-refractivity contribution < 1.29 is 82.1 Å². The number of hydrogen-bond donors (Lipinski definition) is 13. The third kappa shape index (κ3) is 24.2. The molecule has 1 rings (SSSR count). The van der Waals surface area contributed by atoms with E-state index < -0.39 is 147 Å². The third-order valence-electron chi connectivity index (χ3n) is 10.5. The Bertz CT molecular complexity index is 1980. The Kier molecular flexibility index (Phi) is 26.3. The molecule has 14 N–H and O–H groups in total. The van der Waals surface area contributed by atoms with Crippen molar-refractivity contribution in [1.29, 1.82) is 0 Å². The number of phosphoric acid groups is 1. The predicted molar refractivity (Wildman–Crippen MR) is 245 cm³/mol. The van der Waals surface area contributed by atoms with Gasteiger partial charge >= 0.3 is 25.7 Å². The SMILES string of the molecule is CC[C@H](C)[C@H](NC(=O)[C@H](CCC(=O)O)NC(=O)[C@H](Cc1ccccc1)NC(=O)[C@H](C)NC(=O)[C@@H](N)CCC(=O)O)C(=O)N[C@@H](CC(C)C)C(=O)N[C@@H](COP(=O)(O)O)C(=O)N[C@@H](CC(C)C)C(=O)O. The molecule has 69 heavy (non-hydrogen) atoms. The molecule has 388 valence electrons. The Labute approximate surface area is 399 Å². The number of carboxylic acid groups (broad SMARTS) is 3. The molecule has 0 saturated heterocycles. The van der Waals surface area contributed by atoms with Crippen molar-refractivity contribution in [2.24, 2.45) is 23.5 Å². The first-order chi connectivity index (χ1) is 32.0. The van der Waals surface area contributed by atoms with Gasteiger partial charge in [0.2, 0.25) is 41.4 Å². The van der Waals surface area contributed by atoms with Gasteiger partial charge in [0.05, 0.1) is 12.6 Å². The molecule has 0 saturated carbocycles. The van der Waals surface area contributed by atoms with Gasteiger partial charge in [-0.1, -0.05) is 78.3 Å². The van der Waals surface area contributed by atoms with E-state index in [0.717, 1.165) is 0 Å². The molecule has 0 aliphatic heterocycles. The summed E-state index contributed by atoms with van der Waals surface area (Å²) in [5, 5.41) is 45.0. The van der Waals surface area contributed by atoms with Crippen LogP contribution < -0.4 is 43.0 Å². The lowest BCUT2D eigenvalue weighted by molar-refractivity contribution is -0.143. The van der Waals surface area contributed by atoms with Crippen LogP contribution >= 0.6 is 7.82 Å². The molecule has 0 bridgehead atoms. The molecular weight excluding hydrogens is 931 g/mol. The van der Waals surface area contributed by atoms with E-state index in [0.29, 0.717) is 5.56 Å². The highest BCUT2D eigenvalue weighted by atomic mass is 31.2. The maximum atomic E-state index is 14.1. The molecular formula is C43H69N8O17P. The average molecular weight is 1000 g/mol. The number of benzene rings is 1. The fourth-order valence-electron chi connectivity index (χ4n) is 6.47. The van der Waals surface area contributed by atoms with Gasteiger partial charge in [0.25, 0.3) is 0 Å². The fraction of sp³-hybridized carbons (Fsp3) is 0.628. The first-order valence-electron chi connectivity index (χ1n) is 22.3. The summed E-state index contributed by atoms with van der Waals surface area (Å²) in [7, 11) is -5.23. The van der Waals surface area contributed by atoms with Gasteiger partial charge in [-0.25, -0.2) is 9.36 Å². The molecule has 0 spiro atoms. The summed E-state index contributed by atoms with van der Waals surface area (Å²) in [4.78, 5) is 148. The van der Waals surface area contributed by atoms with Gasteiger partial charge in [0.15, 0.2) is 0 Å². The van der Waals surface area contributed by atoms with E-state index in [2.05, 4.69) is 41.7 Å². The molecule has 0 aliphatic rings. The molecule has 0 aromatic heterocycles. The molecule has 0 radical (unpaired) electrons. The summed E-state index contributed by atoms with van der Waals surface area (Å²) in [5.74, 6) is -12.0. The minimum Gasteiger partial charge on any atom is -0.481 e. The zero-order chi connectivity index (χ0) is 52.8. The second-order valence-corrected chi connectivity index (χ2v) is 18.7. The van der Waals surface area contributed by atoms with Gasteiger partial charge in [-0.3, -0.25) is 47.7 Å². The molecule has 0 unspecified atom stereocenters. The maximum Gasteiger partial charge on any atom is 0.469 e. The Morgan fingerprint density at radius 2 is 1.04 bits per heavy atom. The van der Waals surface area contributed by atoms with Crippen LogP contribution in [0.4, 0.5) is 0 Å². The van der Waals surface area contributed by atoms with Crippen molar-refractivity contribution in [3.8, 4) is 0 Å². The van der Waals surface area contributed by atoms with Crippen molar-refractivity contribution in [3.63, 3.8) is 0 Å². The summed E-state index contributed by atoms with van der Waals surface area (Å²) in [6.07, 6.45) is -1.84. The lowest BCUT2D eigenvalue weighted by Gasteiger charge is -2.30. The molecule has 9 atom stereocenters. The van der Waals surface area contributed by atoms with Crippen LogP contribution in [0, 0.1) is 17.8 Å². The zero-order valence-electron chi connectivity index (χ0n) is 39.8. The van der Waals surface area contributed by atoms with Crippen molar-refractivity contribution in [3.05, 3.63) is 35.9 Å². The quantitative estimate of drug-likeness (QED) is 0.0386. The second-order valence-electron chi connectivity index (χ2n) is 17.5. The van der Waals surface area contributed by atoms with Gasteiger partial charge in [0.1, 0.15) is 42.3 Å². The normalized spacial score (nSPS) is 15.4. The summed E-state index contributed by atoms with van der Waals surface area (Å²) in [5.41, 5.74) is 6.31. The van der Waals surface area contributed by atoms with Crippen LogP contribution in [-0.2, 0) is 63.5 Å². The predicted octanol–water partition coefficient (Wildman–Crippen LogP) is -0.968. The molecule has 25 nitrogen and oxygen atoms in total. The Hall–Kier alpha value is -6.01. The highest BCUT2D eigenvalue weighted by Gasteiger charge is 2.36. The van der Waals surface area contributed by atoms with Gasteiger partial charge < -0.3 is 68.1 Å². The lowest BCUT2D eigenvalue weighted by atomic mass is 9.96. The van der Waals surface area contributed by atoms with E-state index in [-0.39, 0.29) is 43.9 Å². The van der Waals surface area contributed by atoms with Gasteiger partial charge in [-0.15, -0.1) is 0 Å².